The van der Waals surface area contributed by atoms with Gasteiger partial charge < -0.3 is 19.3 Å². The quantitative estimate of drug-likeness (QED) is 0.829. The van der Waals surface area contributed by atoms with Crippen molar-refractivity contribution in [1.29, 1.82) is 0 Å². The molecule has 1 fully saturated rings. The maximum absolute atomic E-state index is 11.9. The first-order valence-electron chi connectivity index (χ1n) is 7.05. The molecule has 6 nitrogen and oxygen atoms in total. The van der Waals surface area contributed by atoms with Gasteiger partial charge in [0.15, 0.2) is 0 Å². The Balaban J connectivity index is 2.16. The van der Waals surface area contributed by atoms with Crippen molar-refractivity contribution in [2.24, 2.45) is 0 Å². The van der Waals surface area contributed by atoms with Gasteiger partial charge in [-0.2, -0.15) is 0 Å². The summed E-state index contributed by atoms with van der Waals surface area (Å²) >= 11 is 0. The first-order chi connectivity index (χ1) is 10.0. The van der Waals surface area contributed by atoms with Crippen molar-refractivity contribution in [2.75, 3.05) is 52.4 Å². The minimum atomic E-state index is -0.182. The number of rotatable bonds is 4. The third-order valence-electron chi connectivity index (χ3n) is 3.49. The Bertz CT molecular complexity index is 505. The average molecular weight is 293 g/mol. The highest BCUT2D eigenvalue weighted by atomic mass is 16.5. The van der Waals surface area contributed by atoms with Crippen LogP contribution in [0, 0.1) is 6.92 Å². The fourth-order valence-electron chi connectivity index (χ4n) is 2.37. The van der Waals surface area contributed by atoms with Crippen LogP contribution in [-0.2, 0) is 14.3 Å². The predicted octanol–water partition coefficient (Wildman–Crippen LogP) is 1.00. The predicted molar refractivity (Wildman–Crippen MR) is 80.5 cm³/mol. The molecule has 0 unspecified atom stereocenters. The molecule has 6 heteroatoms. The Labute approximate surface area is 125 Å². The molecular weight excluding hydrogens is 270 g/mol. The summed E-state index contributed by atoms with van der Waals surface area (Å²) in [5, 5.41) is 0. The summed E-state index contributed by atoms with van der Waals surface area (Å²) in [6.45, 7) is 3.72. The SMILES string of the molecule is COCC(=O)N1CCO[C@H](c2cc(N(C)C)cc(C)n2)C1. The van der Waals surface area contributed by atoms with E-state index in [-0.39, 0.29) is 18.6 Å². The third kappa shape index (κ3) is 3.92. The summed E-state index contributed by atoms with van der Waals surface area (Å²) in [4.78, 5) is 20.3. The highest BCUT2D eigenvalue weighted by molar-refractivity contribution is 5.77. The minimum absolute atomic E-state index is 0.00807. The summed E-state index contributed by atoms with van der Waals surface area (Å²) in [5.74, 6) is -0.00807. The van der Waals surface area contributed by atoms with Crippen LogP contribution in [0.25, 0.3) is 0 Å². The van der Waals surface area contributed by atoms with Gasteiger partial charge in [0.25, 0.3) is 0 Å². The molecule has 21 heavy (non-hydrogen) atoms. The van der Waals surface area contributed by atoms with Gasteiger partial charge in [-0.05, 0) is 19.1 Å². The molecule has 1 aliphatic rings. The highest BCUT2D eigenvalue weighted by Gasteiger charge is 2.26. The number of pyridine rings is 1. The summed E-state index contributed by atoms with van der Waals surface area (Å²) in [6.07, 6.45) is -0.182. The highest BCUT2D eigenvalue weighted by Crippen LogP contribution is 2.24. The van der Waals surface area contributed by atoms with Crippen LogP contribution in [-0.4, -0.2) is 63.3 Å². The average Bonchev–Trinajstić information content (AvgIpc) is 2.47. The van der Waals surface area contributed by atoms with E-state index in [2.05, 4.69) is 4.98 Å². The summed E-state index contributed by atoms with van der Waals surface area (Å²) < 4.78 is 10.7. The summed E-state index contributed by atoms with van der Waals surface area (Å²) in [7, 11) is 5.52. The van der Waals surface area contributed by atoms with E-state index in [0.29, 0.717) is 19.7 Å². The van der Waals surface area contributed by atoms with E-state index in [1.54, 1.807) is 4.90 Å². The Kier molecular flexibility index (Phi) is 5.14. The van der Waals surface area contributed by atoms with Crippen LogP contribution < -0.4 is 4.90 Å². The second-order valence-corrected chi connectivity index (χ2v) is 5.42. The van der Waals surface area contributed by atoms with E-state index < -0.39 is 0 Å². The smallest absolute Gasteiger partial charge is 0.248 e. The van der Waals surface area contributed by atoms with Gasteiger partial charge in [0.2, 0.25) is 5.91 Å². The number of hydrogen-bond donors (Lipinski definition) is 0. The fourth-order valence-corrected chi connectivity index (χ4v) is 2.37. The van der Waals surface area contributed by atoms with Crippen LogP contribution in [0.3, 0.4) is 0 Å². The van der Waals surface area contributed by atoms with Crippen LogP contribution >= 0.6 is 0 Å². The largest absolute Gasteiger partial charge is 0.378 e. The molecule has 1 aromatic heterocycles. The maximum atomic E-state index is 11.9. The topological polar surface area (TPSA) is 54.9 Å². The number of methoxy groups -OCH3 is 1. The van der Waals surface area contributed by atoms with E-state index in [4.69, 9.17) is 9.47 Å². The van der Waals surface area contributed by atoms with Gasteiger partial charge in [-0.1, -0.05) is 0 Å². The second-order valence-electron chi connectivity index (χ2n) is 5.42. The lowest BCUT2D eigenvalue weighted by Crippen LogP contribution is -2.44. The van der Waals surface area contributed by atoms with Crippen molar-refractivity contribution in [3.05, 3.63) is 23.5 Å². The zero-order chi connectivity index (χ0) is 15.4. The van der Waals surface area contributed by atoms with Gasteiger partial charge in [0.1, 0.15) is 12.7 Å². The molecule has 1 atom stereocenters. The van der Waals surface area contributed by atoms with Gasteiger partial charge in [-0.25, -0.2) is 0 Å². The minimum Gasteiger partial charge on any atom is -0.378 e. The Hall–Kier alpha value is -1.66. The lowest BCUT2D eigenvalue weighted by molar-refractivity contribution is -0.143. The van der Waals surface area contributed by atoms with Crippen LogP contribution in [0.4, 0.5) is 5.69 Å². The first kappa shape index (κ1) is 15.7. The van der Waals surface area contributed by atoms with Crippen molar-refractivity contribution in [2.45, 2.75) is 13.0 Å². The number of amides is 1. The molecule has 2 rings (SSSR count). The van der Waals surface area contributed by atoms with Crippen LogP contribution in [0.5, 0.6) is 0 Å². The zero-order valence-corrected chi connectivity index (χ0v) is 13.1. The summed E-state index contributed by atoms with van der Waals surface area (Å²) in [6, 6.07) is 4.04. The molecule has 116 valence electrons. The van der Waals surface area contributed by atoms with Crippen LogP contribution in [0.1, 0.15) is 17.5 Å². The van der Waals surface area contributed by atoms with E-state index in [1.807, 2.05) is 38.1 Å². The van der Waals surface area contributed by atoms with Crippen molar-refractivity contribution in [1.82, 2.24) is 9.88 Å². The molecule has 0 aliphatic carbocycles. The number of nitrogens with zero attached hydrogens (tertiary/aromatic N) is 3. The van der Waals surface area contributed by atoms with E-state index in [0.717, 1.165) is 17.1 Å². The molecule has 1 aliphatic heterocycles. The molecule has 1 saturated heterocycles. The maximum Gasteiger partial charge on any atom is 0.248 e. The molecule has 0 N–H and O–H groups in total. The number of anilines is 1. The van der Waals surface area contributed by atoms with Gasteiger partial charge in [0, 0.05) is 39.1 Å². The lowest BCUT2D eigenvalue weighted by Gasteiger charge is -2.33. The molecular formula is C15H23N3O3. The molecule has 1 aromatic rings. The van der Waals surface area contributed by atoms with E-state index >= 15 is 0 Å². The van der Waals surface area contributed by atoms with Gasteiger partial charge in [-0.15, -0.1) is 0 Å². The van der Waals surface area contributed by atoms with Crippen molar-refractivity contribution >= 4 is 11.6 Å². The normalized spacial score (nSPS) is 18.7. The van der Waals surface area contributed by atoms with Crippen molar-refractivity contribution in [3.8, 4) is 0 Å². The fraction of sp³-hybridized carbons (Fsp3) is 0.600. The zero-order valence-electron chi connectivity index (χ0n) is 13.1. The number of aromatic nitrogens is 1. The molecule has 0 saturated carbocycles. The number of morpholine rings is 1. The standard InChI is InChI=1S/C15H23N3O3/c1-11-7-12(17(2)3)8-13(16-11)14-9-18(5-6-21-14)15(19)10-20-4/h7-8,14H,5-6,9-10H2,1-4H3/t14-/m0/s1. The Morgan fingerprint density at radius 1 is 1.52 bits per heavy atom. The lowest BCUT2D eigenvalue weighted by atomic mass is 10.1. The molecule has 0 aromatic carbocycles. The third-order valence-corrected chi connectivity index (χ3v) is 3.49. The van der Waals surface area contributed by atoms with E-state index in [1.165, 1.54) is 7.11 Å². The first-order valence-corrected chi connectivity index (χ1v) is 7.05. The second kappa shape index (κ2) is 6.87. The van der Waals surface area contributed by atoms with Crippen LogP contribution in [0.2, 0.25) is 0 Å². The van der Waals surface area contributed by atoms with Gasteiger partial charge in [0.05, 0.1) is 18.8 Å². The number of carbonyl (C=O) groups excluding carboxylic acids is 1. The van der Waals surface area contributed by atoms with Crippen molar-refractivity contribution < 1.29 is 14.3 Å². The molecule has 0 radical (unpaired) electrons. The number of aryl methyl sites for hydroxylation is 1. The van der Waals surface area contributed by atoms with Crippen molar-refractivity contribution in [3.63, 3.8) is 0 Å². The molecule has 0 bridgehead atoms. The molecule has 2 heterocycles. The summed E-state index contributed by atoms with van der Waals surface area (Å²) in [5.41, 5.74) is 2.90. The van der Waals surface area contributed by atoms with Gasteiger partial charge in [-0.3, -0.25) is 9.78 Å². The number of carbonyl (C=O) groups is 1. The monoisotopic (exact) mass is 293 g/mol. The Morgan fingerprint density at radius 3 is 2.95 bits per heavy atom. The molecule has 0 spiro atoms. The van der Waals surface area contributed by atoms with Crippen LogP contribution in [0.15, 0.2) is 12.1 Å². The van der Waals surface area contributed by atoms with E-state index in [9.17, 15) is 4.79 Å². The number of hydrogen-bond acceptors (Lipinski definition) is 5. The Morgan fingerprint density at radius 2 is 2.29 bits per heavy atom. The molecule has 1 amide bonds. The number of ether oxygens (including phenoxy) is 2. The van der Waals surface area contributed by atoms with Gasteiger partial charge >= 0.3 is 0 Å².